The van der Waals surface area contributed by atoms with Crippen LogP contribution in [0.3, 0.4) is 0 Å². The highest BCUT2D eigenvalue weighted by Gasteiger charge is 2.23. The van der Waals surface area contributed by atoms with Crippen LogP contribution in [0.1, 0.15) is 18.4 Å². The van der Waals surface area contributed by atoms with Crippen molar-refractivity contribution in [2.75, 3.05) is 32.2 Å². The van der Waals surface area contributed by atoms with Gasteiger partial charge in [0.1, 0.15) is 0 Å². The van der Waals surface area contributed by atoms with Crippen molar-refractivity contribution in [1.82, 2.24) is 10.1 Å². The summed E-state index contributed by atoms with van der Waals surface area (Å²) in [4.78, 5) is 6.78. The van der Waals surface area contributed by atoms with E-state index in [-0.39, 0.29) is 0 Å². The zero-order chi connectivity index (χ0) is 19.3. The first-order chi connectivity index (χ1) is 13.8. The smallest absolute Gasteiger partial charge is 0.324 e. The molecule has 1 fully saturated rings. The molecular formula is C22H25N3O3. The Morgan fingerprint density at radius 3 is 2.46 bits per heavy atom. The normalized spacial score (nSPS) is 14.9. The minimum atomic E-state index is 0.558. The van der Waals surface area contributed by atoms with Gasteiger partial charge in [0.25, 0.3) is 0 Å². The Morgan fingerprint density at radius 2 is 1.75 bits per heavy atom. The van der Waals surface area contributed by atoms with Crippen molar-refractivity contribution in [3.63, 3.8) is 0 Å². The average molecular weight is 379 g/mol. The number of piperidine rings is 1. The fraction of sp³-hybridized carbons (Fsp3) is 0.364. The largest absolute Gasteiger partial charge is 0.493 e. The third kappa shape index (κ3) is 3.96. The summed E-state index contributed by atoms with van der Waals surface area (Å²) < 4.78 is 16.2. The van der Waals surface area contributed by atoms with Gasteiger partial charge in [0.2, 0.25) is 5.82 Å². The van der Waals surface area contributed by atoms with Crippen molar-refractivity contribution >= 4 is 6.01 Å². The standard InChI is InChI=1S/C22H25N3O3/c1-26-19-9-8-18(15-20(19)27-2)21-23-22(28-24-21)25-12-10-17(11-13-25)14-16-6-4-3-5-7-16/h3-9,15,17H,10-14H2,1-2H3. The summed E-state index contributed by atoms with van der Waals surface area (Å²) in [7, 11) is 3.23. The minimum absolute atomic E-state index is 0.558. The van der Waals surface area contributed by atoms with E-state index in [2.05, 4.69) is 45.4 Å². The summed E-state index contributed by atoms with van der Waals surface area (Å²) in [5, 5.41) is 4.16. The molecule has 1 saturated heterocycles. The first kappa shape index (κ1) is 18.3. The van der Waals surface area contributed by atoms with Gasteiger partial charge < -0.3 is 18.9 Å². The van der Waals surface area contributed by atoms with Crippen molar-refractivity contribution in [2.24, 2.45) is 5.92 Å². The SMILES string of the molecule is COc1ccc(-c2noc(N3CCC(Cc4ccccc4)CC3)n2)cc1OC. The number of anilines is 1. The summed E-state index contributed by atoms with van der Waals surface area (Å²) in [6.07, 6.45) is 3.39. The Labute approximate surface area is 165 Å². The molecule has 0 atom stereocenters. The van der Waals surface area contributed by atoms with Gasteiger partial charge in [0.15, 0.2) is 11.5 Å². The van der Waals surface area contributed by atoms with Crippen LogP contribution < -0.4 is 14.4 Å². The maximum absolute atomic E-state index is 5.53. The van der Waals surface area contributed by atoms with Gasteiger partial charge in [-0.05, 0) is 48.9 Å². The lowest BCUT2D eigenvalue weighted by molar-refractivity contribution is 0.355. The van der Waals surface area contributed by atoms with Gasteiger partial charge in [0.05, 0.1) is 14.2 Å². The van der Waals surface area contributed by atoms with Crippen LogP contribution in [-0.4, -0.2) is 37.4 Å². The second-order valence-corrected chi connectivity index (χ2v) is 7.09. The number of rotatable bonds is 6. The molecule has 0 radical (unpaired) electrons. The number of benzene rings is 2. The van der Waals surface area contributed by atoms with E-state index in [0.717, 1.165) is 37.9 Å². The fourth-order valence-electron chi connectivity index (χ4n) is 3.71. The topological polar surface area (TPSA) is 60.6 Å². The maximum Gasteiger partial charge on any atom is 0.324 e. The van der Waals surface area contributed by atoms with Gasteiger partial charge in [-0.2, -0.15) is 4.98 Å². The summed E-state index contributed by atoms with van der Waals surface area (Å²) in [6, 6.07) is 16.9. The van der Waals surface area contributed by atoms with Crippen LogP contribution in [0.25, 0.3) is 11.4 Å². The van der Waals surface area contributed by atoms with Gasteiger partial charge in [-0.1, -0.05) is 35.5 Å². The second-order valence-electron chi connectivity index (χ2n) is 7.09. The third-order valence-electron chi connectivity index (χ3n) is 5.31. The molecule has 0 aliphatic carbocycles. The molecule has 3 aromatic rings. The van der Waals surface area contributed by atoms with E-state index in [1.165, 1.54) is 5.56 Å². The Hall–Kier alpha value is -3.02. The molecule has 28 heavy (non-hydrogen) atoms. The molecule has 1 aromatic heterocycles. The average Bonchev–Trinajstić information content (AvgIpc) is 3.25. The zero-order valence-corrected chi connectivity index (χ0v) is 16.3. The lowest BCUT2D eigenvalue weighted by Crippen LogP contribution is -2.34. The molecule has 0 N–H and O–H groups in total. The highest BCUT2D eigenvalue weighted by molar-refractivity contribution is 5.61. The van der Waals surface area contributed by atoms with Crippen molar-refractivity contribution in [3.8, 4) is 22.9 Å². The Bertz CT molecular complexity index is 902. The zero-order valence-electron chi connectivity index (χ0n) is 16.3. The van der Waals surface area contributed by atoms with E-state index in [0.29, 0.717) is 29.3 Å². The van der Waals surface area contributed by atoms with Crippen molar-refractivity contribution in [3.05, 3.63) is 54.1 Å². The molecule has 146 valence electrons. The van der Waals surface area contributed by atoms with Crippen LogP contribution >= 0.6 is 0 Å². The Kier molecular flexibility index (Phi) is 5.46. The third-order valence-corrected chi connectivity index (χ3v) is 5.31. The predicted octanol–water partition coefficient (Wildman–Crippen LogP) is 4.21. The van der Waals surface area contributed by atoms with Crippen molar-refractivity contribution in [2.45, 2.75) is 19.3 Å². The van der Waals surface area contributed by atoms with E-state index in [4.69, 9.17) is 14.0 Å². The number of hydrogen-bond donors (Lipinski definition) is 0. The molecule has 0 saturated carbocycles. The molecule has 1 aliphatic heterocycles. The number of methoxy groups -OCH3 is 2. The van der Waals surface area contributed by atoms with Crippen LogP contribution in [0.15, 0.2) is 53.1 Å². The van der Waals surface area contributed by atoms with Crippen molar-refractivity contribution < 1.29 is 14.0 Å². The molecule has 6 heteroatoms. The predicted molar refractivity (Wildman–Crippen MR) is 108 cm³/mol. The molecular weight excluding hydrogens is 354 g/mol. The van der Waals surface area contributed by atoms with E-state index in [9.17, 15) is 0 Å². The molecule has 0 amide bonds. The molecule has 0 bridgehead atoms. The fourth-order valence-corrected chi connectivity index (χ4v) is 3.71. The van der Waals surface area contributed by atoms with E-state index < -0.39 is 0 Å². The molecule has 2 aromatic carbocycles. The van der Waals surface area contributed by atoms with Crippen LogP contribution in [0.2, 0.25) is 0 Å². The molecule has 1 aliphatic rings. The summed E-state index contributed by atoms with van der Waals surface area (Å²) in [5.74, 6) is 2.58. The number of hydrogen-bond acceptors (Lipinski definition) is 6. The second kappa shape index (κ2) is 8.33. The van der Waals surface area contributed by atoms with Gasteiger partial charge in [-0.25, -0.2) is 0 Å². The molecule has 2 heterocycles. The van der Waals surface area contributed by atoms with Crippen LogP contribution in [0.5, 0.6) is 11.5 Å². The summed E-state index contributed by atoms with van der Waals surface area (Å²) >= 11 is 0. The molecule has 0 unspecified atom stereocenters. The Balaban J connectivity index is 1.40. The maximum atomic E-state index is 5.53. The molecule has 0 spiro atoms. The summed E-state index contributed by atoms with van der Waals surface area (Å²) in [5.41, 5.74) is 2.25. The number of aromatic nitrogens is 2. The van der Waals surface area contributed by atoms with Gasteiger partial charge in [-0.3, -0.25) is 0 Å². The lowest BCUT2D eigenvalue weighted by atomic mass is 9.90. The van der Waals surface area contributed by atoms with Gasteiger partial charge >= 0.3 is 6.01 Å². The lowest BCUT2D eigenvalue weighted by Gasteiger charge is -2.30. The quantitative estimate of drug-likeness (QED) is 0.639. The van der Waals surface area contributed by atoms with E-state index in [1.54, 1.807) is 14.2 Å². The Morgan fingerprint density at radius 1 is 1.00 bits per heavy atom. The van der Waals surface area contributed by atoms with Crippen molar-refractivity contribution in [1.29, 1.82) is 0 Å². The van der Waals surface area contributed by atoms with Gasteiger partial charge in [-0.15, -0.1) is 0 Å². The molecule has 4 rings (SSSR count). The van der Waals surface area contributed by atoms with Crippen LogP contribution in [0, 0.1) is 5.92 Å². The minimum Gasteiger partial charge on any atom is -0.493 e. The highest BCUT2D eigenvalue weighted by Crippen LogP contribution is 2.32. The summed E-state index contributed by atoms with van der Waals surface area (Å²) in [6.45, 7) is 1.87. The molecule has 6 nitrogen and oxygen atoms in total. The van der Waals surface area contributed by atoms with Crippen LogP contribution in [0.4, 0.5) is 6.01 Å². The number of nitrogens with zero attached hydrogens (tertiary/aromatic N) is 3. The van der Waals surface area contributed by atoms with E-state index in [1.807, 2.05) is 18.2 Å². The van der Waals surface area contributed by atoms with Gasteiger partial charge in [0, 0.05) is 18.7 Å². The monoisotopic (exact) mass is 379 g/mol. The van der Waals surface area contributed by atoms with Crippen LogP contribution in [-0.2, 0) is 6.42 Å². The number of ether oxygens (including phenoxy) is 2. The highest BCUT2D eigenvalue weighted by atomic mass is 16.5. The first-order valence-electron chi connectivity index (χ1n) is 9.62. The first-order valence-corrected chi connectivity index (χ1v) is 9.62. The van der Waals surface area contributed by atoms with E-state index >= 15 is 0 Å².